The van der Waals surface area contributed by atoms with Gasteiger partial charge in [-0.1, -0.05) is 42.5 Å². The molecule has 2 N–H and O–H groups in total. The second kappa shape index (κ2) is 5.93. The number of rotatable bonds is 3. The number of hydrogen-bond acceptors (Lipinski definition) is 3. The van der Waals surface area contributed by atoms with Crippen LogP contribution in [-0.2, 0) is 9.53 Å². The van der Waals surface area contributed by atoms with Gasteiger partial charge in [-0.05, 0) is 5.56 Å². The Morgan fingerprint density at radius 3 is 2.44 bits per heavy atom. The molecular formula is C13H16N2O2S. The Balaban J connectivity index is 2.20. The molecule has 1 saturated heterocycles. The highest BCUT2D eigenvalue weighted by molar-refractivity contribution is 7.80. The smallest absolute Gasteiger partial charge is 0.237 e. The fourth-order valence-corrected chi connectivity index (χ4v) is 2.28. The molecule has 4 nitrogen and oxygen atoms in total. The Morgan fingerprint density at radius 2 is 1.89 bits per heavy atom. The van der Waals surface area contributed by atoms with Crippen molar-refractivity contribution < 1.29 is 9.53 Å². The molecule has 1 unspecified atom stereocenters. The third kappa shape index (κ3) is 2.86. The number of amides is 1. The number of carbonyl (C=O) groups excluding carboxylic acids is 1. The molecule has 0 saturated carbocycles. The van der Waals surface area contributed by atoms with Gasteiger partial charge in [0.05, 0.1) is 18.2 Å². The monoisotopic (exact) mass is 264 g/mol. The van der Waals surface area contributed by atoms with Gasteiger partial charge in [0.25, 0.3) is 0 Å². The van der Waals surface area contributed by atoms with Crippen molar-refractivity contribution in [1.29, 1.82) is 0 Å². The molecule has 2 rings (SSSR count). The molecule has 1 aliphatic rings. The predicted octanol–water partition coefficient (Wildman–Crippen LogP) is 0.915. The highest BCUT2D eigenvalue weighted by Crippen LogP contribution is 2.19. The lowest BCUT2D eigenvalue weighted by atomic mass is 9.97. The Labute approximate surface area is 112 Å². The van der Waals surface area contributed by atoms with Crippen LogP contribution in [0.1, 0.15) is 11.5 Å². The molecule has 1 amide bonds. The van der Waals surface area contributed by atoms with Crippen LogP contribution in [0, 0.1) is 0 Å². The van der Waals surface area contributed by atoms with Crippen molar-refractivity contribution >= 4 is 23.1 Å². The lowest BCUT2D eigenvalue weighted by Crippen LogP contribution is -2.45. The first kappa shape index (κ1) is 13.0. The van der Waals surface area contributed by atoms with E-state index in [-0.39, 0.29) is 10.9 Å². The van der Waals surface area contributed by atoms with E-state index in [2.05, 4.69) is 0 Å². The van der Waals surface area contributed by atoms with Crippen LogP contribution in [0.2, 0.25) is 0 Å². The lowest BCUT2D eigenvalue weighted by molar-refractivity contribution is -0.135. The molecule has 1 atom stereocenters. The lowest BCUT2D eigenvalue weighted by Gasteiger charge is -2.30. The first-order valence-electron chi connectivity index (χ1n) is 5.91. The van der Waals surface area contributed by atoms with Gasteiger partial charge in [0.2, 0.25) is 5.91 Å². The highest BCUT2D eigenvalue weighted by Gasteiger charge is 2.29. The van der Waals surface area contributed by atoms with Crippen LogP contribution in [0.3, 0.4) is 0 Å². The molecule has 1 heterocycles. The van der Waals surface area contributed by atoms with Crippen molar-refractivity contribution in [3.05, 3.63) is 35.9 Å². The minimum atomic E-state index is -0.528. The van der Waals surface area contributed by atoms with E-state index in [0.29, 0.717) is 26.3 Å². The number of hydrogen-bond donors (Lipinski definition) is 1. The van der Waals surface area contributed by atoms with Crippen molar-refractivity contribution in [2.45, 2.75) is 5.92 Å². The maximum absolute atomic E-state index is 12.4. The van der Waals surface area contributed by atoms with E-state index < -0.39 is 5.92 Å². The summed E-state index contributed by atoms with van der Waals surface area (Å²) in [7, 11) is 0. The van der Waals surface area contributed by atoms with Gasteiger partial charge in [-0.3, -0.25) is 4.79 Å². The van der Waals surface area contributed by atoms with Crippen molar-refractivity contribution in [1.82, 2.24) is 4.90 Å². The number of thiocarbonyl (C=S) groups is 1. The first-order valence-corrected chi connectivity index (χ1v) is 6.32. The molecule has 1 aromatic rings. The average molecular weight is 264 g/mol. The maximum atomic E-state index is 12.4. The SMILES string of the molecule is NC(=S)C(C(=O)N1CCOCC1)c1ccccc1. The summed E-state index contributed by atoms with van der Waals surface area (Å²) in [4.78, 5) is 14.4. The normalized spacial score (nSPS) is 17.2. The standard InChI is InChI=1S/C13H16N2O2S/c14-12(18)11(10-4-2-1-3-5-10)13(16)15-6-8-17-9-7-15/h1-5,11H,6-9H2,(H2,14,18). The number of morpholine rings is 1. The zero-order valence-corrected chi connectivity index (χ0v) is 10.9. The summed E-state index contributed by atoms with van der Waals surface area (Å²) in [6.45, 7) is 2.35. The van der Waals surface area contributed by atoms with E-state index in [0.717, 1.165) is 5.56 Å². The van der Waals surface area contributed by atoms with Gasteiger partial charge < -0.3 is 15.4 Å². The van der Waals surface area contributed by atoms with Crippen molar-refractivity contribution in [2.75, 3.05) is 26.3 Å². The van der Waals surface area contributed by atoms with E-state index >= 15 is 0 Å². The van der Waals surface area contributed by atoms with E-state index in [1.54, 1.807) is 4.90 Å². The zero-order chi connectivity index (χ0) is 13.0. The highest BCUT2D eigenvalue weighted by atomic mass is 32.1. The number of carbonyl (C=O) groups is 1. The third-order valence-electron chi connectivity index (χ3n) is 2.99. The maximum Gasteiger partial charge on any atom is 0.237 e. The summed E-state index contributed by atoms with van der Waals surface area (Å²) in [5.74, 6) is -0.559. The molecule has 0 bridgehead atoms. The Morgan fingerprint density at radius 1 is 1.28 bits per heavy atom. The van der Waals surface area contributed by atoms with Crippen LogP contribution in [-0.4, -0.2) is 42.1 Å². The molecular weight excluding hydrogens is 248 g/mol. The molecule has 96 valence electrons. The van der Waals surface area contributed by atoms with Crippen molar-refractivity contribution in [3.8, 4) is 0 Å². The van der Waals surface area contributed by atoms with E-state index in [4.69, 9.17) is 22.7 Å². The molecule has 1 aromatic carbocycles. The summed E-state index contributed by atoms with van der Waals surface area (Å²) < 4.78 is 5.24. The summed E-state index contributed by atoms with van der Waals surface area (Å²) in [5, 5.41) is 0. The van der Waals surface area contributed by atoms with E-state index in [1.165, 1.54) is 0 Å². The van der Waals surface area contributed by atoms with Crippen molar-refractivity contribution in [3.63, 3.8) is 0 Å². The Hall–Kier alpha value is -1.46. The molecule has 5 heteroatoms. The quantitative estimate of drug-likeness (QED) is 0.825. The number of nitrogens with zero attached hydrogens (tertiary/aromatic N) is 1. The van der Waals surface area contributed by atoms with Gasteiger partial charge in [0, 0.05) is 13.1 Å². The van der Waals surface area contributed by atoms with Crippen LogP contribution >= 0.6 is 12.2 Å². The molecule has 0 spiro atoms. The fourth-order valence-electron chi connectivity index (χ4n) is 2.04. The van der Waals surface area contributed by atoms with E-state index in [1.807, 2.05) is 30.3 Å². The minimum absolute atomic E-state index is 0.0306. The second-order valence-electron chi connectivity index (χ2n) is 4.18. The zero-order valence-electron chi connectivity index (χ0n) is 10.0. The molecule has 18 heavy (non-hydrogen) atoms. The average Bonchev–Trinajstić information content (AvgIpc) is 2.40. The van der Waals surface area contributed by atoms with Crippen molar-refractivity contribution in [2.24, 2.45) is 5.73 Å². The molecule has 1 fully saturated rings. The summed E-state index contributed by atoms with van der Waals surface area (Å²) in [5.41, 5.74) is 6.58. The van der Waals surface area contributed by atoms with Crippen LogP contribution in [0.4, 0.5) is 0 Å². The van der Waals surface area contributed by atoms with Gasteiger partial charge >= 0.3 is 0 Å². The molecule has 0 aliphatic carbocycles. The molecule has 1 aliphatic heterocycles. The molecule has 0 radical (unpaired) electrons. The predicted molar refractivity (Wildman–Crippen MR) is 73.4 cm³/mol. The van der Waals surface area contributed by atoms with Gasteiger partial charge in [-0.15, -0.1) is 0 Å². The minimum Gasteiger partial charge on any atom is -0.392 e. The van der Waals surface area contributed by atoms with Crippen LogP contribution in [0.5, 0.6) is 0 Å². The topological polar surface area (TPSA) is 55.6 Å². The summed E-state index contributed by atoms with van der Waals surface area (Å²) >= 11 is 5.04. The van der Waals surface area contributed by atoms with Crippen LogP contribution in [0.25, 0.3) is 0 Å². The van der Waals surface area contributed by atoms with Gasteiger partial charge in [0.15, 0.2) is 0 Å². The van der Waals surface area contributed by atoms with Crippen LogP contribution < -0.4 is 5.73 Å². The molecule has 0 aromatic heterocycles. The third-order valence-corrected chi connectivity index (χ3v) is 3.22. The largest absolute Gasteiger partial charge is 0.392 e. The van der Waals surface area contributed by atoms with Gasteiger partial charge in [0.1, 0.15) is 5.92 Å². The van der Waals surface area contributed by atoms with Gasteiger partial charge in [-0.2, -0.15) is 0 Å². The Kier molecular flexibility index (Phi) is 4.28. The summed E-state index contributed by atoms with van der Waals surface area (Å²) in [6, 6.07) is 9.42. The van der Waals surface area contributed by atoms with Crippen LogP contribution in [0.15, 0.2) is 30.3 Å². The Bertz CT molecular complexity index is 430. The summed E-state index contributed by atoms with van der Waals surface area (Å²) in [6.07, 6.45) is 0. The van der Waals surface area contributed by atoms with E-state index in [9.17, 15) is 4.79 Å². The first-order chi connectivity index (χ1) is 8.70. The van der Waals surface area contributed by atoms with Gasteiger partial charge in [-0.25, -0.2) is 0 Å². The fraction of sp³-hybridized carbons (Fsp3) is 0.385. The number of benzene rings is 1. The number of nitrogens with two attached hydrogens (primary N) is 1. The number of ether oxygens (including phenoxy) is 1. The second-order valence-corrected chi connectivity index (χ2v) is 4.66.